The van der Waals surface area contributed by atoms with Gasteiger partial charge in [-0.3, -0.25) is 14.4 Å². The van der Waals surface area contributed by atoms with Crippen LogP contribution in [0.1, 0.15) is 26.3 Å². The van der Waals surface area contributed by atoms with E-state index >= 15 is 0 Å². The Morgan fingerprint density at radius 1 is 0.718 bits per heavy atom. The highest BCUT2D eigenvalue weighted by atomic mass is 79.9. The van der Waals surface area contributed by atoms with Crippen molar-refractivity contribution in [2.24, 2.45) is 5.10 Å². The molecule has 10 heteroatoms. The van der Waals surface area contributed by atoms with E-state index in [0.717, 1.165) is 4.47 Å². The smallest absolute Gasteiger partial charge is 0.343 e. The maximum absolute atomic E-state index is 12.7. The number of carbonyl (C=O) groups excluding carboxylic acids is 4. The lowest BCUT2D eigenvalue weighted by atomic mass is 10.1. The van der Waals surface area contributed by atoms with Crippen molar-refractivity contribution < 1.29 is 23.9 Å². The lowest BCUT2D eigenvalue weighted by Gasteiger charge is -2.11. The number of para-hydroxylation sites is 1. The average Bonchev–Trinajstić information content (AvgIpc) is 2.95. The fourth-order valence-electron chi connectivity index (χ4n) is 3.28. The minimum absolute atomic E-state index is 0.164. The molecule has 39 heavy (non-hydrogen) atoms. The van der Waals surface area contributed by atoms with Crippen LogP contribution in [0.5, 0.6) is 5.75 Å². The van der Waals surface area contributed by atoms with Crippen molar-refractivity contribution in [3.05, 3.63) is 124 Å². The number of nitrogens with one attached hydrogen (secondary N) is 3. The fourth-order valence-corrected chi connectivity index (χ4v) is 3.54. The molecule has 0 atom stereocenters. The van der Waals surface area contributed by atoms with E-state index in [4.69, 9.17) is 4.74 Å². The summed E-state index contributed by atoms with van der Waals surface area (Å²) < 4.78 is 6.18. The van der Waals surface area contributed by atoms with Gasteiger partial charge < -0.3 is 15.4 Å². The van der Waals surface area contributed by atoms with E-state index in [-0.39, 0.29) is 11.3 Å². The molecule has 4 aromatic rings. The molecule has 4 rings (SSSR count). The highest BCUT2D eigenvalue weighted by molar-refractivity contribution is 9.10. The number of carbonyl (C=O) groups is 4. The van der Waals surface area contributed by atoms with Gasteiger partial charge in [0, 0.05) is 10.2 Å². The van der Waals surface area contributed by atoms with Crippen molar-refractivity contribution >= 4 is 57.2 Å². The number of hydrogen-bond donors (Lipinski definition) is 3. The van der Waals surface area contributed by atoms with Gasteiger partial charge in [0.15, 0.2) is 0 Å². The summed E-state index contributed by atoms with van der Waals surface area (Å²) in [5.41, 5.74) is 4.07. The summed E-state index contributed by atoms with van der Waals surface area (Å²) in [5, 5.41) is 8.96. The zero-order valence-electron chi connectivity index (χ0n) is 20.3. The molecular weight excluding hydrogens is 564 g/mol. The Labute approximate surface area is 232 Å². The molecule has 0 aliphatic heterocycles. The van der Waals surface area contributed by atoms with Crippen molar-refractivity contribution in [2.45, 2.75) is 0 Å². The Balaban J connectivity index is 1.30. The molecule has 0 unspecified atom stereocenters. The van der Waals surface area contributed by atoms with Crippen LogP contribution in [0.25, 0.3) is 0 Å². The highest BCUT2D eigenvalue weighted by Crippen LogP contribution is 2.19. The van der Waals surface area contributed by atoms with Crippen molar-refractivity contribution in [3.8, 4) is 5.75 Å². The molecular formula is C29H21BrN4O5. The zero-order chi connectivity index (χ0) is 27.6. The molecule has 0 spiro atoms. The van der Waals surface area contributed by atoms with Gasteiger partial charge in [0.25, 0.3) is 5.91 Å². The van der Waals surface area contributed by atoms with Gasteiger partial charge in [-0.2, -0.15) is 5.10 Å². The van der Waals surface area contributed by atoms with Crippen LogP contribution in [0.3, 0.4) is 0 Å². The molecule has 0 aromatic heterocycles. The summed E-state index contributed by atoms with van der Waals surface area (Å²) in [6.07, 6.45) is 1.33. The molecule has 0 saturated heterocycles. The summed E-state index contributed by atoms with van der Waals surface area (Å²) in [6, 6.07) is 28.3. The van der Waals surface area contributed by atoms with Gasteiger partial charge in [0.1, 0.15) is 5.75 Å². The number of nitrogens with zero attached hydrogens (tertiary/aromatic N) is 1. The van der Waals surface area contributed by atoms with Gasteiger partial charge >= 0.3 is 17.8 Å². The van der Waals surface area contributed by atoms with Crippen LogP contribution in [0.4, 0.5) is 11.4 Å². The number of hydrazone groups is 1. The topological polar surface area (TPSA) is 126 Å². The van der Waals surface area contributed by atoms with Crippen LogP contribution < -0.4 is 20.8 Å². The number of benzene rings is 4. The van der Waals surface area contributed by atoms with Gasteiger partial charge in [-0.05, 0) is 78.4 Å². The van der Waals surface area contributed by atoms with Crippen LogP contribution in [0, 0.1) is 0 Å². The molecule has 194 valence electrons. The first kappa shape index (κ1) is 27.0. The first-order valence-electron chi connectivity index (χ1n) is 11.6. The predicted octanol–water partition coefficient (Wildman–Crippen LogP) is 5.01. The molecule has 4 aromatic carbocycles. The largest absolute Gasteiger partial charge is 0.423 e. The third-order valence-electron chi connectivity index (χ3n) is 5.21. The second kappa shape index (κ2) is 12.9. The molecule has 9 nitrogen and oxygen atoms in total. The van der Waals surface area contributed by atoms with E-state index in [0.29, 0.717) is 22.6 Å². The average molecular weight is 585 g/mol. The minimum atomic E-state index is -1.03. The summed E-state index contributed by atoms with van der Waals surface area (Å²) in [4.78, 5) is 49.5. The Bertz CT molecular complexity index is 1520. The van der Waals surface area contributed by atoms with Crippen molar-refractivity contribution in [1.29, 1.82) is 0 Å². The fraction of sp³-hybridized carbons (Fsp3) is 0. The van der Waals surface area contributed by atoms with Gasteiger partial charge in [-0.15, -0.1) is 0 Å². The normalized spacial score (nSPS) is 10.5. The van der Waals surface area contributed by atoms with E-state index in [1.807, 2.05) is 0 Å². The number of ether oxygens (including phenoxy) is 1. The molecule has 3 N–H and O–H groups in total. The predicted molar refractivity (Wildman–Crippen MR) is 151 cm³/mol. The van der Waals surface area contributed by atoms with Crippen LogP contribution >= 0.6 is 15.9 Å². The first-order valence-corrected chi connectivity index (χ1v) is 12.4. The number of rotatable bonds is 7. The first-order chi connectivity index (χ1) is 18.9. The Kier molecular flexibility index (Phi) is 8.94. The second-order valence-electron chi connectivity index (χ2n) is 7.98. The molecule has 0 aliphatic rings. The molecule has 3 amide bonds. The zero-order valence-corrected chi connectivity index (χ0v) is 21.8. The standard InChI is InChI=1S/C29H21BrN4O5/c30-21-12-14-22(15-13-21)32-26(35)24-8-4-5-9-25(24)33-27(36)28(37)34-31-18-19-10-16-23(17-11-19)39-29(38)20-6-2-1-3-7-20/h1-18H,(H,32,35)(H,33,36)(H,34,37). The van der Waals surface area contributed by atoms with Crippen LogP contribution in [0.15, 0.2) is 113 Å². The Hall–Kier alpha value is -5.09. The number of halogens is 1. The lowest BCUT2D eigenvalue weighted by molar-refractivity contribution is -0.136. The molecule has 0 saturated carbocycles. The second-order valence-corrected chi connectivity index (χ2v) is 8.90. The molecule has 0 aliphatic carbocycles. The summed E-state index contributed by atoms with van der Waals surface area (Å²) in [7, 11) is 0. The number of hydrogen-bond acceptors (Lipinski definition) is 6. The van der Waals surface area contributed by atoms with Crippen molar-refractivity contribution in [3.63, 3.8) is 0 Å². The number of anilines is 2. The molecule has 0 heterocycles. The van der Waals surface area contributed by atoms with Gasteiger partial charge in [0.2, 0.25) is 0 Å². The van der Waals surface area contributed by atoms with Gasteiger partial charge in [-0.25, -0.2) is 10.2 Å². The van der Waals surface area contributed by atoms with E-state index < -0.39 is 23.7 Å². The van der Waals surface area contributed by atoms with E-state index in [1.54, 1.807) is 91.0 Å². The van der Waals surface area contributed by atoms with Crippen LogP contribution in [0.2, 0.25) is 0 Å². The van der Waals surface area contributed by atoms with Gasteiger partial charge in [-0.1, -0.05) is 46.3 Å². The molecule has 0 fully saturated rings. The minimum Gasteiger partial charge on any atom is -0.423 e. The number of esters is 1. The van der Waals surface area contributed by atoms with Gasteiger partial charge in [0.05, 0.1) is 23.0 Å². The number of amides is 3. The van der Waals surface area contributed by atoms with Crippen molar-refractivity contribution in [1.82, 2.24) is 5.43 Å². The maximum atomic E-state index is 12.7. The monoisotopic (exact) mass is 584 g/mol. The third-order valence-corrected chi connectivity index (χ3v) is 5.74. The molecule has 0 radical (unpaired) electrons. The van der Waals surface area contributed by atoms with Crippen LogP contribution in [-0.2, 0) is 9.59 Å². The Morgan fingerprint density at radius 3 is 2.10 bits per heavy atom. The van der Waals surface area contributed by atoms with E-state index in [9.17, 15) is 19.2 Å². The summed E-state index contributed by atoms with van der Waals surface area (Å²) >= 11 is 3.33. The summed E-state index contributed by atoms with van der Waals surface area (Å²) in [5.74, 6) is -2.62. The molecule has 0 bridgehead atoms. The van der Waals surface area contributed by atoms with Crippen molar-refractivity contribution in [2.75, 3.05) is 10.6 Å². The quantitative estimate of drug-likeness (QED) is 0.0925. The van der Waals surface area contributed by atoms with E-state index in [2.05, 4.69) is 37.1 Å². The third kappa shape index (κ3) is 7.70. The summed E-state index contributed by atoms with van der Waals surface area (Å²) in [6.45, 7) is 0. The maximum Gasteiger partial charge on any atom is 0.343 e. The van der Waals surface area contributed by atoms with Crippen LogP contribution in [-0.4, -0.2) is 29.9 Å². The lowest BCUT2D eigenvalue weighted by Crippen LogP contribution is -2.33. The SMILES string of the molecule is O=C(NN=Cc1ccc(OC(=O)c2ccccc2)cc1)C(=O)Nc1ccccc1C(=O)Nc1ccc(Br)cc1. The van der Waals surface area contributed by atoms with E-state index in [1.165, 1.54) is 18.3 Å². The highest BCUT2D eigenvalue weighted by Gasteiger charge is 2.18. The Morgan fingerprint density at radius 2 is 1.38 bits per heavy atom.